The maximum absolute atomic E-state index is 10.1. The van der Waals surface area contributed by atoms with Crippen LogP contribution in [0, 0.1) is 0 Å². The lowest BCUT2D eigenvalue weighted by molar-refractivity contribution is 0.164. The molecule has 4 nitrogen and oxygen atoms in total. The average Bonchev–Trinajstić information content (AvgIpc) is 3.11. The molecule has 0 radical (unpaired) electrons. The Labute approximate surface area is 135 Å². The first kappa shape index (κ1) is 15.4. The summed E-state index contributed by atoms with van der Waals surface area (Å²) < 4.78 is 5.74. The molecule has 2 aromatic carbocycles. The third kappa shape index (κ3) is 3.66. The van der Waals surface area contributed by atoms with E-state index < -0.39 is 6.10 Å². The molecule has 1 heterocycles. The quantitative estimate of drug-likeness (QED) is 0.721. The van der Waals surface area contributed by atoms with E-state index in [0.717, 1.165) is 36.0 Å². The minimum atomic E-state index is -0.411. The first-order chi connectivity index (χ1) is 11.3. The maximum atomic E-state index is 10.1. The summed E-state index contributed by atoms with van der Waals surface area (Å²) in [5.74, 6) is 0.992. The average molecular weight is 308 g/mol. The van der Waals surface area contributed by atoms with Crippen LogP contribution >= 0.6 is 0 Å². The number of aliphatic hydroxyl groups is 1. The highest BCUT2D eigenvalue weighted by Gasteiger charge is 2.11. The second-order valence-electron chi connectivity index (χ2n) is 5.56. The van der Waals surface area contributed by atoms with Gasteiger partial charge in [-0.25, -0.2) is 0 Å². The maximum Gasteiger partial charge on any atom is 0.248 e. The van der Waals surface area contributed by atoms with Crippen LogP contribution in [0.1, 0.15) is 37.9 Å². The van der Waals surface area contributed by atoms with Gasteiger partial charge in [0.2, 0.25) is 11.8 Å². The fraction of sp³-hybridized carbons (Fsp3) is 0.263. The third-order valence-electron chi connectivity index (χ3n) is 3.82. The van der Waals surface area contributed by atoms with Crippen LogP contribution in [-0.4, -0.2) is 15.3 Å². The lowest BCUT2D eigenvalue weighted by Crippen LogP contribution is -1.96. The Morgan fingerprint density at radius 1 is 0.913 bits per heavy atom. The van der Waals surface area contributed by atoms with E-state index in [1.807, 2.05) is 54.6 Å². The molecule has 1 N–H and O–H groups in total. The van der Waals surface area contributed by atoms with Gasteiger partial charge in [-0.05, 0) is 36.2 Å². The molecule has 1 atom stereocenters. The van der Waals surface area contributed by atoms with Crippen molar-refractivity contribution in [3.8, 4) is 22.9 Å². The highest BCUT2D eigenvalue weighted by atomic mass is 16.4. The van der Waals surface area contributed by atoms with E-state index in [2.05, 4.69) is 17.1 Å². The summed E-state index contributed by atoms with van der Waals surface area (Å²) in [5, 5.41) is 18.3. The molecular formula is C19H20N2O2. The second-order valence-corrected chi connectivity index (χ2v) is 5.56. The Balaban J connectivity index is 1.76. The molecule has 4 heteroatoms. The molecule has 0 aliphatic rings. The molecule has 0 saturated heterocycles. The molecule has 0 aliphatic carbocycles. The number of benzene rings is 2. The van der Waals surface area contributed by atoms with Crippen molar-refractivity contribution in [2.45, 2.75) is 32.3 Å². The molecule has 0 aliphatic heterocycles. The van der Waals surface area contributed by atoms with Crippen molar-refractivity contribution in [1.29, 1.82) is 0 Å². The molecule has 3 aromatic rings. The Kier molecular flexibility index (Phi) is 4.83. The van der Waals surface area contributed by atoms with E-state index in [-0.39, 0.29) is 0 Å². The van der Waals surface area contributed by atoms with Crippen LogP contribution in [0.4, 0.5) is 0 Å². The van der Waals surface area contributed by atoms with E-state index in [4.69, 9.17) is 4.42 Å². The molecular weight excluding hydrogens is 288 g/mol. The Bertz CT molecular complexity index is 736. The van der Waals surface area contributed by atoms with E-state index in [0.29, 0.717) is 11.8 Å². The fourth-order valence-corrected chi connectivity index (χ4v) is 2.45. The topological polar surface area (TPSA) is 59.2 Å². The van der Waals surface area contributed by atoms with Gasteiger partial charge in [0.25, 0.3) is 0 Å². The highest BCUT2D eigenvalue weighted by Crippen LogP contribution is 2.26. The van der Waals surface area contributed by atoms with Crippen molar-refractivity contribution in [2.75, 3.05) is 0 Å². The zero-order chi connectivity index (χ0) is 16.1. The van der Waals surface area contributed by atoms with Gasteiger partial charge in [-0.2, -0.15) is 0 Å². The second kappa shape index (κ2) is 7.20. The van der Waals surface area contributed by atoms with Crippen molar-refractivity contribution in [3.05, 3.63) is 60.2 Å². The van der Waals surface area contributed by atoms with Crippen molar-refractivity contribution in [2.24, 2.45) is 0 Å². The first-order valence-electron chi connectivity index (χ1n) is 7.95. The molecule has 0 amide bonds. The largest absolute Gasteiger partial charge is 0.416 e. The lowest BCUT2D eigenvalue weighted by atomic mass is 10.0. The molecule has 1 aromatic heterocycles. The number of rotatable bonds is 6. The van der Waals surface area contributed by atoms with E-state index in [1.54, 1.807) is 0 Å². The number of aliphatic hydroxyl groups excluding tert-OH is 1. The van der Waals surface area contributed by atoms with E-state index in [9.17, 15) is 5.11 Å². The minimum Gasteiger partial charge on any atom is -0.416 e. The van der Waals surface area contributed by atoms with Gasteiger partial charge in [-0.1, -0.05) is 50.1 Å². The zero-order valence-corrected chi connectivity index (χ0v) is 13.1. The minimum absolute atomic E-state index is 0.411. The molecule has 23 heavy (non-hydrogen) atoms. The molecule has 3 rings (SSSR count). The number of nitrogens with zero attached hydrogens (tertiary/aromatic N) is 2. The standard InChI is InChI=1S/C19H20N2O2/c1-2-3-9-17(22)14-10-12-16(13-11-14)19-21-20-18(23-19)15-7-5-4-6-8-15/h4-8,10-13,17,22H,2-3,9H2,1H3. The van der Waals surface area contributed by atoms with Crippen molar-refractivity contribution < 1.29 is 9.52 Å². The summed E-state index contributed by atoms with van der Waals surface area (Å²) >= 11 is 0. The summed E-state index contributed by atoms with van der Waals surface area (Å²) in [7, 11) is 0. The van der Waals surface area contributed by atoms with Crippen molar-refractivity contribution in [1.82, 2.24) is 10.2 Å². The van der Waals surface area contributed by atoms with Gasteiger partial charge in [0.1, 0.15) is 0 Å². The lowest BCUT2D eigenvalue weighted by Gasteiger charge is -2.10. The molecule has 0 bridgehead atoms. The van der Waals surface area contributed by atoms with Crippen LogP contribution in [0.5, 0.6) is 0 Å². The summed E-state index contributed by atoms with van der Waals surface area (Å²) in [4.78, 5) is 0. The van der Waals surface area contributed by atoms with E-state index in [1.165, 1.54) is 0 Å². The summed E-state index contributed by atoms with van der Waals surface area (Å²) in [6.07, 6.45) is 2.48. The predicted octanol–water partition coefficient (Wildman–Crippen LogP) is 4.63. The monoisotopic (exact) mass is 308 g/mol. The first-order valence-corrected chi connectivity index (χ1v) is 7.95. The zero-order valence-electron chi connectivity index (χ0n) is 13.1. The van der Waals surface area contributed by atoms with E-state index >= 15 is 0 Å². The molecule has 0 fully saturated rings. The number of hydrogen-bond donors (Lipinski definition) is 1. The van der Waals surface area contributed by atoms with Gasteiger partial charge in [0.05, 0.1) is 6.10 Å². The van der Waals surface area contributed by atoms with Crippen molar-refractivity contribution >= 4 is 0 Å². The molecule has 0 spiro atoms. The Hall–Kier alpha value is -2.46. The van der Waals surface area contributed by atoms with Crippen molar-refractivity contribution in [3.63, 3.8) is 0 Å². The van der Waals surface area contributed by atoms with Gasteiger partial charge in [-0.15, -0.1) is 10.2 Å². The summed E-state index contributed by atoms with van der Waals surface area (Å²) in [5.41, 5.74) is 2.67. The predicted molar refractivity (Wildman–Crippen MR) is 89.7 cm³/mol. The van der Waals surface area contributed by atoms with Gasteiger partial charge >= 0.3 is 0 Å². The van der Waals surface area contributed by atoms with Crippen LogP contribution in [-0.2, 0) is 0 Å². The molecule has 118 valence electrons. The SMILES string of the molecule is CCCCC(O)c1ccc(-c2nnc(-c3ccccc3)o2)cc1. The summed E-state index contributed by atoms with van der Waals surface area (Å²) in [6.45, 7) is 2.12. The normalized spacial score (nSPS) is 12.3. The van der Waals surface area contributed by atoms with Crippen LogP contribution in [0.3, 0.4) is 0 Å². The Morgan fingerprint density at radius 3 is 2.13 bits per heavy atom. The van der Waals surface area contributed by atoms with Gasteiger partial charge in [0, 0.05) is 11.1 Å². The fourth-order valence-electron chi connectivity index (χ4n) is 2.45. The molecule has 0 saturated carbocycles. The van der Waals surface area contributed by atoms with Crippen LogP contribution in [0.2, 0.25) is 0 Å². The van der Waals surface area contributed by atoms with Crippen LogP contribution in [0.15, 0.2) is 59.0 Å². The van der Waals surface area contributed by atoms with Crippen LogP contribution < -0.4 is 0 Å². The van der Waals surface area contributed by atoms with Gasteiger partial charge in [-0.3, -0.25) is 0 Å². The summed E-state index contributed by atoms with van der Waals surface area (Å²) in [6, 6.07) is 17.3. The number of unbranched alkanes of at least 4 members (excludes halogenated alkanes) is 1. The molecule has 1 unspecified atom stereocenters. The number of hydrogen-bond acceptors (Lipinski definition) is 4. The third-order valence-corrected chi connectivity index (χ3v) is 3.82. The van der Waals surface area contributed by atoms with Crippen LogP contribution in [0.25, 0.3) is 22.9 Å². The smallest absolute Gasteiger partial charge is 0.248 e. The number of aromatic nitrogens is 2. The Morgan fingerprint density at radius 2 is 1.52 bits per heavy atom. The highest BCUT2D eigenvalue weighted by molar-refractivity contribution is 5.58. The van der Waals surface area contributed by atoms with Gasteiger partial charge in [0.15, 0.2) is 0 Å². The van der Waals surface area contributed by atoms with Gasteiger partial charge < -0.3 is 9.52 Å².